The molecule has 1 aliphatic rings. The first-order valence-corrected chi connectivity index (χ1v) is 16.9. The van der Waals surface area contributed by atoms with Crippen LogP contribution in [-0.2, 0) is 0 Å². The number of benzene rings is 6. The molecule has 1 aliphatic carbocycles. The van der Waals surface area contributed by atoms with Crippen LogP contribution in [0.25, 0.3) is 89.2 Å². The van der Waals surface area contributed by atoms with Crippen LogP contribution in [-0.4, -0.2) is 15.0 Å². The number of nitrogens with zero attached hydrogens (tertiary/aromatic N) is 3. The Hall–Kier alpha value is -6.59. The van der Waals surface area contributed by atoms with E-state index in [1.165, 1.54) is 5.56 Å². The first kappa shape index (κ1) is 28.4. The Morgan fingerprint density at radius 1 is 0.480 bits per heavy atom. The number of allylic oxidation sites excluding steroid dienone is 4. The van der Waals surface area contributed by atoms with Gasteiger partial charge in [-0.1, -0.05) is 121 Å². The Balaban J connectivity index is 1.19. The molecule has 1 unspecified atom stereocenters. The summed E-state index contributed by atoms with van der Waals surface area (Å²) in [6, 6.07) is 45.6. The fourth-order valence-corrected chi connectivity index (χ4v) is 7.19. The van der Waals surface area contributed by atoms with Gasteiger partial charge < -0.3 is 8.83 Å². The van der Waals surface area contributed by atoms with Crippen LogP contribution in [0.3, 0.4) is 0 Å². The summed E-state index contributed by atoms with van der Waals surface area (Å²) in [5.74, 6) is 2.12. The van der Waals surface area contributed by atoms with Gasteiger partial charge in [0, 0.05) is 49.7 Å². The third-order valence-corrected chi connectivity index (χ3v) is 9.70. The number of fused-ring (bicyclic) bond motifs is 6. The van der Waals surface area contributed by atoms with Gasteiger partial charge in [0.2, 0.25) is 0 Å². The monoisotopic (exact) mass is 643 g/mol. The smallest absolute Gasteiger partial charge is 0.164 e. The predicted molar refractivity (Wildman–Crippen MR) is 202 cm³/mol. The van der Waals surface area contributed by atoms with Gasteiger partial charge in [0.25, 0.3) is 0 Å². The highest BCUT2D eigenvalue weighted by molar-refractivity contribution is 6.15. The summed E-state index contributed by atoms with van der Waals surface area (Å²) in [5.41, 5.74) is 9.31. The van der Waals surface area contributed by atoms with Gasteiger partial charge in [-0.3, -0.25) is 0 Å². The minimum atomic E-state index is 0.361. The molecule has 3 heterocycles. The van der Waals surface area contributed by atoms with Crippen molar-refractivity contribution in [1.29, 1.82) is 0 Å². The molecule has 6 aromatic carbocycles. The fourth-order valence-electron chi connectivity index (χ4n) is 7.19. The lowest BCUT2D eigenvalue weighted by Gasteiger charge is -2.14. The fraction of sp³-hybridized carbons (Fsp3) is 0.0444. The number of aromatic nitrogens is 3. The summed E-state index contributed by atoms with van der Waals surface area (Å²) in [6.07, 6.45) is 9.68. The molecular weight excluding hydrogens is 615 g/mol. The van der Waals surface area contributed by atoms with Crippen molar-refractivity contribution < 1.29 is 8.83 Å². The number of hydrogen-bond donors (Lipinski definition) is 0. The van der Waals surface area contributed by atoms with Crippen molar-refractivity contribution in [3.05, 3.63) is 163 Å². The quantitative estimate of drug-likeness (QED) is 0.187. The van der Waals surface area contributed by atoms with Crippen LogP contribution < -0.4 is 0 Å². The molecule has 5 heteroatoms. The second-order valence-electron chi connectivity index (χ2n) is 12.7. The number of para-hydroxylation sites is 2. The molecule has 0 saturated heterocycles. The summed E-state index contributed by atoms with van der Waals surface area (Å²) in [6.45, 7) is 0. The lowest BCUT2D eigenvalue weighted by Crippen LogP contribution is -2.01. The van der Waals surface area contributed by atoms with E-state index >= 15 is 0 Å². The largest absolute Gasteiger partial charge is 0.456 e. The van der Waals surface area contributed by atoms with E-state index < -0.39 is 0 Å². The van der Waals surface area contributed by atoms with E-state index in [9.17, 15) is 0 Å². The van der Waals surface area contributed by atoms with Gasteiger partial charge in [0.1, 0.15) is 22.3 Å². The molecule has 5 nitrogen and oxygen atoms in total. The molecule has 3 aromatic heterocycles. The molecule has 0 bridgehead atoms. The van der Waals surface area contributed by atoms with E-state index in [-0.39, 0.29) is 0 Å². The van der Waals surface area contributed by atoms with Gasteiger partial charge in [-0.2, -0.15) is 0 Å². The van der Waals surface area contributed by atoms with Crippen LogP contribution in [0.2, 0.25) is 0 Å². The Bertz CT molecular complexity index is 2790. The summed E-state index contributed by atoms with van der Waals surface area (Å²) in [4.78, 5) is 15.4. The van der Waals surface area contributed by atoms with E-state index in [1.54, 1.807) is 0 Å². The van der Waals surface area contributed by atoms with Gasteiger partial charge in [0.05, 0.1) is 0 Å². The Morgan fingerprint density at radius 2 is 1.14 bits per heavy atom. The molecule has 236 valence electrons. The molecule has 0 N–H and O–H groups in total. The summed E-state index contributed by atoms with van der Waals surface area (Å²) in [5, 5.41) is 4.14. The summed E-state index contributed by atoms with van der Waals surface area (Å²) < 4.78 is 12.9. The van der Waals surface area contributed by atoms with Crippen LogP contribution in [0.4, 0.5) is 0 Å². The molecule has 0 radical (unpaired) electrons. The van der Waals surface area contributed by atoms with Crippen molar-refractivity contribution in [2.45, 2.75) is 12.3 Å². The van der Waals surface area contributed by atoms with Gasteiger partial charge in [0.15, 0.2) is 17.5 Å². The minimum absolute atomic E-state index is 0.361. The van der Waals surface area contributed by atoms with Crippen molar-refractivity contribution >= 4 is 43.9 Å². The average molecular weight is 644 g/mol. The maximum absolute atomic E-state index is 6.58. The lowest BCUT2D eigenvalue weighted by atomic mass is 9.92. The van der Waals surface area contributed by atoms with Crippen molar-refractivity contribution in [1.82, 2.24) is 15.0 Å². The molecule has 10 rings (SSSR count). The zero-order chi connectivity index (χ0) is 33.0. The van der Waals surface area contributed by atoms with Crippen LogP contribution in [0, 0.1) is 0 Å². The second kappa shape index (κ2) is 11.5. The van der Waals surface area contributed by atoms with Crippen LogP contribution in [0.1, 0.15) is 17.9 Å². The highest BCUT2D eigenvalue weighted by atomic mass is 16.3. The highest BCUT2D eigenvalue weighted by Crippen LogP contribution is 2.42. The molecule has 9 aromatic rings. The SMILES string of the molecule is C1=CCC(c2ccc(-c3nc(-c4ccc5c(c4)oc4ccccc45)nc(-c4ccc(-c5ccccc5)c5oc6ccccc6c45)n3)cc2)C=C1. The average Bonchev–Trinajstić information content (AvgIpc) is 3.77. The maximum atomic E-state index is 6.58. The van der Waals surface area contributed by atoms with Crippen LogP contribution in [0.5, 0.6) is 0 Å². The molecular formula is C45H29N3O2. The highest BCUT2D eigenvalue weighted by Gasteiger charge is 2.21. The van der Waals surface area contributed by atoms with E-state index in [4.69, 9.17) is 23.8 Å². The molecule has 0 fully saturated rings. The molecule has 0 saturated carbocycles. The summed E-state index contributed by atoms with van der Waals surface area (Å²) >= 11 is 0. The first-order chi connectivity index (χ1) is 24.8. The third kappa shape index (κ3) is 4.74. The summed E-state index contributed by atoms with van der Waals surface area (Å²) in [7, 11) is 0. The van der Waals surface area contributed by atoms with Gasteiger partial charge >= 0.3 is 0 Å². The van der Waals surface area contributed by atoms with Crippen molar-refractivity contribution in [3.8, 4) is 45.3 Å². The zero-order valence-corrected chi connectivity index (χ0v) is 27.0. The Labute approximate surface area is 287 Å². The van der Waals surface area contributed by atoms with Gasteiger partial charge in [-0.05, 0) is 53.9 Å². The minimum Gasteiger partial charge on any atom is -0.456 e. The lowest BCUT2D eigenvalue weighted by molar-refractivity contribution is 0.669. The maximum Gasteiger partial charge on any atom is 0.164 e. The molecule has 1 atom stereocenters. The van der Waals surface area contributed by atoms with Gasteiger partial charge in [-0.15, -0.1) is 0 Å². The van der Waals surface area contributed by atoms with Gasteiger partial charge in [-0.25, -0.2) is 15.0 Å². The Morgan fingerprint density at radius 3 is 1.94 bits per heavy atom. The Kier molecular flexibility index (Phi) is 6.56. The van der Waals surface area contributed by atoms with Crippen molar-refractivity contribution in [3.63, 3.8) is 0 Å². The second-order valence-corrected chi connectivity index (χ2v) is 12.7. The molecule has 0 spiro atoms. The molecule has 50 heavy (non-hydrogen) atoms. The van der Waals surface area contributed by atoms with Crippen molar-refractivity contribution in [2.75, 3.05) is 0 Å². The molecule has 0 aliphatic heterocycles. The number of rotatable bonds is 5. The zero-order valence-electron chi connectivity index (χ0n) is 27.0. The number of hydrogen-bond acceptors (Lipinski definition) is 5. The predicted octanol–water partition coefficient (Wildman–Crippen LogP) is 11.9. The number of furan rings is 2. The van der Waals surface area contributed by atoms with Crippen molar-refractivity contribution in [2.24, 2.45) is 0 Å². The van der Waals surface area contributed by atoms with E-state index in [1.807, 2.05) is 60.7 Å². The third-order valence-electron chi connectivity index (χ3n) is 9.70. The van der Waals surface area contributed by atoms with Crippen LogP contribution in [0.15, 0.2) is 167 Å². The van der Waals surface area contributed by atoms with E-state index in [0.29, 0.717) is 23.4 Å². The molecule has 0 amide bonds. The normalized spacial score (nSPS) is 14.4. The van der Waals surface area contributed by atoms with E-state index in [2.05, 4.69) is 97.1 Å². The first-order valence-electron chi connectivity index (χ1n) is 16.9. The van der Waals surface area contributed by atoms with Crippen LogP contribution >= 0.6 is 0 Å². The topological polar surface area (TPSA) is 65.0 Å². The van der Waals surface area contributed by atoms with E-state index in [0.717, 1.165) is 78.1 Å². The standard InChI is InChI=1S/C45H29N3O2/c1-3-11-28(12-4-1)29-19-21-31(22-20-29)43-46-44(32-23-24-35-34-15-7-9-17-38(34)49-40(35)27-32)48-45(47-43)37-26-25-33(30-13-5-2-6-14-30)42-41(37)36-16-8-10-18-39(36)50-42/h1-11,13-28H,12H2.